The van der Waals surface area contributed by atoms with Crippen molar-refractivity contribution < 1.29 is 4.39 Å². The maximum absolute atomic E-state index is 13.1. The highest BCUT2D eigenvalue weighted by Crippen LogP contribution is 2.24. The minimum absolute atomic E-state index is 0.316. The summed E-state index contributed by atoms with van der Waals surface area (Å²) < 4.78 is 13.1. The van der Waals surface area contributed by atoms with Gasteiger partial charge in [0, 0.05) is 18.9 Å². The molecule has 2 rings (SSSR count). The Morgan fingerprint density at radius 3 is 2.82 bits per heavy atom. The number of nitriles is 1. The molecule has 0 saturated heterocycles. The molecule has 84 valence electrons. The van der Waals surface area contributed by atoms with Crippen molar-refractivity contribution in [1.29, 1.82) is 5.26 Å². The summed E-state index contributed by atoms with van der Waals surface area (Å²) in [5, 5.41) is 8.98. The van der Waals surface area contributed by atoms with Gasteiger partial charge in [0.2, 0.25) is 0 Å². The van der Waals surface area contributed by atoms with E-state index in [4.69, 9.17) is 5.26 Å². The number of halogens is 1. The fourth-order valence-corrected chi connectivity index (χ4v) is 1.56. The fraction of sp³-hybridized carbons (Fsp3) is 0.0769. The number of pyridine rings is 1. The first-order chi connectivity index (χ1) is 8.22. The summed E-state index contributed by atoms with van der Waals surface area (Å²) in [4.78, 5) is 5.82. The lowest BCUT2D eigenvalue weighted by Gasteiger charge is -2.19. The molecule has 0 radical (unpaired) electrons. The van der Waals surface area contributed by atoms with Gasteiger partial charge in [-0.25, -0.2) is 9.37 Å². The summed E-state index contributed by atoms with van der Waals surface area (Å²) in [6.07, 6.45) is 1.60. The molecular weight excluding hydrogens is 217 g/mol. The number of hydrogen-bond donors (Lipinski definition) is 0. The molecule has 0 fully saturated rings. The number of nitrogens with zero attached hydrogens (tertiary/aromatic N) is 3. The van der Waals surface area contributed by atoms with Crippen molar-refractivity contribution in [3.8, 4) is 6.07 Å². The lowest BCUT2D eigenvalue weighted by atomic mass is 10.2. The first-order valence-corrected chi connectivity index (χ1v) is 5.07. The summed E-state index contributed by atoms with van der Waals surface area (Å²) in [5.41, 5.74) is 1.11. The van der Waals surface area contributed by atoms with Gasteiger partial charge in [-0.05, 0) is 30.3 Å². The van der Waals surface area contributed by atoms with E-state index in [0.717, 1.165) is 0 Å². The van der Waals surface area contributed by atoms with E-state index in [1.807, 2.05) is 0 Å². The maximum atomic E-state index is 13.1. The van der Waals surface area contributed by atoms with Crippen LogP contribution in [0, 0.1) is 17.1 Å². The third-order valence-electron chi connectivity index (χ3n) is 2.42. The van der Waals surface area contributed by atoms with E-state index < -0.39 is 0 Å². The zero-order chi connectivity index (χ0) is 12.3. The SMILES string of the molecule is CN(c1cccc(F)c1)c1ncccc1C#N. The molecule has 1 aromatic heterocycles. The minimum atomic E-state index is -0.316. The highest BCUT2D eigenvalue weighted by molar-refractivity contribution is 5.64. The van der Waals surface area contributed by atoms with Gasteiger partial charge in [0.1, 0.15) is 11.9 Å². The number of aromatic nitrogens is 1. The van der Waals surface area contributed by atoms with Gasteiger partial charge < -0.3 is 4.90 Å². The molecule has 0 atom stereocenters. The summed E-state index contributed by atoms with van der Waals surface area (Å²) in [6.45, 7) is 0. The van der Waals surface area contributed by atoms with Crippen LogP contribution >= 0.6 is 0 Å². The van der Waals surface area contributed by atoms with Crippen molar-refractivity contribution in [2.75, 3.05) is 11.9 Å². The van der Waals surface area contributed by atoms with Crippen molar-refractivity contribution in [2.45, 2.75) is 0 Å². The topological polar surface area (TPSA) is 39.9 Å². The van der Waals surface area contributed by atoms with Crippen LogP contribution in [0.2, 0.25) is 0 Å². The largest absolute Gasteiger partial charge is 0.328 e. The van der Waals surface area contributed by atoms with Crippen LogP contribution in [0.3, 0.4) is 0 Å². The van der Waals surface area contributed by atoms with Crippen molar-refractivity contribution >= 4 is 11.5 Å². The Kier molecular flexibility index (Phi) is 3.01. The van der Waals surface area contributed by atoms with E-state index in [0.29, 0.717) is 17.1 Å². The normalized spacial score (nSPS) is 9.71. The Balaban J connectivity index is 2.44. The Labute approximate surface area is 98.8 Å². The standard InChI is InChI=1S/C13H10FN3/c1-17(12-6-2-5-11(14)8-12)13-10(9-15)4-3-7-16-13/h2-8H,1H3. The van der Waals surface area contributed by atoms with E-state index in [2.05, 4.69) is 11.1 Å². The highest BCUT2D eigenvalue weighted by atomic mass is 19.1. The van der Waals surface area contributed by atoms with Crippen molar-refractivity contribution in [2.24, 2.45) is 0 Å². The maximum Gasteiger partial charge on any atom is 0.150 e. The van der Waals surface area contributed by atoms with Crippen LogP contribution in [0.1, 0.15) is 5.56 Å². The molecule has 1 heterocycles. The molecule has 17 heavy (non-hydrogen) atoms. The Morgan fingerprint density at radius 1 is 1.29 bits per heavy atom. The molecule has 0 bridgehead atoms. The number of hydrogen-bond acceptors (Lipinski definition) is 3. The lowest BCUT2D eigenvalue weighted by molar-refractivity contribution is 0.628. The first kappa shape index (κ1) is 11.1. The molecule has 0 N–H and O–H groups in total. The molecule has 0 aliphatic rings. The van der Waals surface area contributed by atoms with E-state index in [1.165, 1.54) is 12.1 Å². The summed E-state index contributed by atoms with van der Waals surface area (Å²) in [6, 6.07) is 11.6. The fourth-order valence-electron chi connectivity index (χ4n) is 1.56. The molecule has 1 aromatic carbocycles. The zero-order valence-electron chi connectivity index (χ0n) is 9.26. The third kappa shape index (κ3) is 2.23. The molecule has 0 spiro atoms. The van der Waals surface area contributed by atoms with Gasteiger partial charge in [0.25, 0.3) is 0 Å². The van der Waals surface area contributed by atoms with E-state index in [1.54, 1.807) is 42.4 Å². The van der Waals surface area contributed by atoms with Crippen LogP contribution in [0.4, 0.5) is 15.9 Å². The zero-order valence-corrected chi connectivity index (χ0v) is 9.26. The second kappa shape index (κ2) is 4.62. The number of rotatable bonds is 2. The van der Waals surface area contributed by atoms with Gasteiger partial charge in [-0.2, -0.15) is 5.26 Å². The summed E-state index contributed by atoms with van der Waals surface area (Å²) in [7, 11) is 1.75. The van der Waals surface area contributed by atoms with Crippen LogP contribution in [-0.4, -0.2) is 12.0 Å². The predicted octanol–water partition coefficient (Wildman–Crippen LogP) is 2.86. The molecular formula is C13H10FN3. The van der Waals surface area contributed by atoms with Crippen LogP contribution < -0.4 is 4.90 Å². The van der Waals surface area contributed by atoms with E-state index in [-0.39, 0.29) is 5.82 Å². The molecule has 0 saturated carbocycles. The van der Waals surface area contributed by atoms with Crippen LogP contribution in [-0.2, 0) is 0 Å². The number of benzene rings is 1. The van der Waals surface area contributed by atoms with Gasteiger partial charge in [-0.3, -0.25) is 0 Å². The van der Waals surface area contributed by atoms with Crippen LogP contribution in [0.15, 0.2) is 42.6 Å². The third-order valence-corrected chi connectivity index (χ3v) is 2.42. The summed E-state index contributed by atoms with van der Waals surface area (Å²) in [5.74, 6) is 0.199. The monoisotopic (exact) mass is 227 g/mol. The van der Waals surface area contributed by atoms with Gasteiger partial charge >= 0.3 is 0 Å². The Morgan fingerprint density at radius 2 is 2.12 bits per heavy atom. The second-order valence-electron chi connectivity index (χ2n) is 3.53. The van der Waals surface area contributed by atoms with Gasteiger partial charge in [0.05, 0.1) is 5.56 Å². The first-order valence-electron chi connectivity index (χ1n) is 5.07. The lowest BCUT2D eigenvalue weighted by Crippen LogP contribution is -2.12. The Bertz CT molecular complexity index is 575. The average Bonchev–Trinajstić information content (AvgIpc) is 2.38. The second-order valence-corrected chi connectivity index (χ2v) is 3.53. The Hall–Kier alpha value is -2.41. The molecule has 4 heteroatoms. The molecule has 3 nitrogen and oxygen atoms in total. The van der Waals surface area contributed by atoms with Crippen molar-refractivity contribution in [3.63, 3.8) is 0 Å². The van der Waals surface area contributed by atoms with Gasteiger partial charge in [-0.1, -0.05) is 6.07 Å². The molecule has 0 aliphatic heterocycles. The van der Waals surface area contributed by atoms with Gasteiger partial charge in [0.15, 0.2) is 5.82 Å². The highest BCUT2D eigenvalue weighted by Gasteiger charge is 2.10. The molecule has 0 unspecified atom stereocenters. The van der Waals surface area contributed by atoms with Gasteiger partial charge in [-0.15, -0.1) is 0 Å². The van der Waals surface area contributed by atoms with E-state index in [9.17, 15) is 4.39 Å². The van der Waals surface area contributed by atoms with Crippen LogP contribution in [0.5, 0.6) is 0 Å². The minimum Gasteiger partial charge on any atom is -0.328 e. The molecule has 2 aromatic rings. The quantitative estimate of drug-likeness (QED) is 0.792. The van der Waals surface area contributed by atoms with Crippen molar-refractivity contribution in [1.82, 2.24) is 4.98 Å². The van der Waals surface area contributed by atoms with E-state index >= 15 is 0 Å². The average molecular weight is 227 g/mol. The van der Waals surface area contributed by atoms with Crippen LogP contribution in [0.25, 0.3) is 0 Å². The van der Waals surface area contributed by atoms with Crippen molar-refractivity contribution in [3.05, 3.63) is 54.0 Å². The summed E-state index contributed by atoms with van der Waals surface area (Å²) >= 11 is 0. The smallest absolute Gasteiger partial charge is 0.150 e. The molecule has 0 aliphatic carbocycles. The molecule has 0 amide bonds. The predicted molar refractivity (Wildman–Crippen MR) is 63.4 cm³/mol. The number of anilines is 2.